The van der Waals surface area contributed by atoms with E-state index < -0.39 is 17.7 Å². The Morgan fingerprint density at radius 3 is 1.32 bits per heavy atom. The summed E-state index contributed by atoms with van der Waals surface area (Å²) in [5.41, 5.74) is 11.8. The monoisotopic (exact) mass is 1960 g/mol. The normalized spacial score (nSPS) is 17.7. The summed E-state index contributed by atoms with van der Waals surface area (Å²) in [5, 5.41) is 50.6. The third kappa shape index (κ3) is 23.8. The molecule has 8 atom stereocenters. The van der Waals surface area contributed by atoms with Gasteiger partial charge in [0.1, 0.15) is 134 Å². The summed E-state index contributed by atoms with van der Waals surface area (Å²) in [6.07, 6.45) is 16.0. The number of nitrogens with one attached hydrogen (secondary N) is 4. The number of rotatable bonds is 28. The van der Waals surface area contributed by atoms with Crippen LogP contribution >= 0.6 is 57.7 Å². The van der Waals surface area contributed by atoms with Crippen molar-refractivity contribution in [1.29, 1.82) is 0 Å². The zero-order valence-electron chi connectivity index (χ0n) is 74.2. The number of pyridine rings is 2. The number of aromatic nitrogens is 11. The lowest BCUT2D eigenvalue weighted by atomic mass is 10.1. The van der Waals surface area contributed by atoms with Gasteiger partial charge in [0.05, 0.1) is 91.0 Å². The number of halogens is 6. The molecule has 9 aromatic carbocycles. The largest absolute Gasteiger partial charge is 0.487 e. The van der Waals surface area contributed by atoms with Gasteiger partial charge >= 0.3 is 0 Å². The van der Waals surface area contributed by atoms with E-state index in [2.05, 4.69) is 108 Å². The van der Waals surface area contributed by atoms with E-state index in [1.54, 1.807) is 74.0 Å². The van der Waals surface area contributed by atoms with Crippen LogP contribution in [-0.2, 0) is 64.5 Å². The van der Waals surface area contributed by atoms with E-state index in [-0.39, 0.29) is 54.9 Å². The number of aliphatic hydroxyl groups is 3. The molecule has 37 heteroatoms. The standard InChI is InChI=1S/C27H24ClN5O3.C26H22ClFN4O3.C25H22ClN5O3S.C24H19ClFN5O2/c28-21-11-17(5-7-24(21)35-14-18-3-1-2-8-29-18)32-27-20-9-16(4-6-22(20)30-15-31-27)10-26-33-23-12-19(34)13-25(23)36-26;1-15(33)22-13-34-25(32-22)11-16-6-8-21-18(10-16)26(30-14-29-21)31-17-7-9-23(19(27)12-17)35-24-5-3-2-4-20(24)28;26-18-9-15(2-4-21(18)33-12-24-27-5-6-35-24)30-25-17-7-14(1-3-19(17)28-13-29-25)8-23-31-20-10-16(32)11-22(20)34-23;25-20-10-18(2-4-22(20)33-13-16-7-17(26)12-27-11-16)31-24-19-8-15(9-23-28-5-6-32-23)1-3-21(19)29-14-30-24/h1-9,11,15,19,23,25,34H,10,12-14H2,(H,30,31,32);2-10,12,14-15,22,33H,11,13H2,1H3,(H,29,30,31);1-7,9,13,16,20,22,32H,8,10-12H2,(H,28,29,30);1-4,7-8,10-12,14H,5-6,9,13H2,(H,29,30,31)/t19-,23-,25+;15-,22-;16-,20-,22+;/m111./s1. The van der Waals surface area contributed by atoms with Crippen LogP contribution in [0.25, 0.3) is 43.6 Å². The van der Waals surface area contributed by atoms with Crippen molar-refractivity contribution in [3.63, 3.8) is 0 Å². The van der Waals surface area contributed by atoms with Crippen LogP contribution in [0.5, 0.6) is 28.7 Å². The average molecular weight is 1970 g/mol. The zero-order chi connectivity index (χ0) is 95.2. The van der Waals surface area contributed by atoms with Crippen molar-refractivity contribution in [2.24, 2.45) is 20.0 Å². The highest BCUT2D eigenvalue weighted by molar-refractivity contribution is 7.09. The van der Waals surface area contributed by atoms with E-state index >= 15 is 0 Å². The highest BCUT2D eigenvalue weighted by Crippen LogP contribution is 2.41. The molecule has 0 radical (unpaired) electrons. The molecule has 4 aliphatic heterocycles. The second-order valence-corrected chi connectivity index (χ2v) is 35.9. The van der Waals surface area contributed by atoms with E-state index in [1.165, 1.54) is 54.8 Å². The van der Waals surface area contributed by atoms with Crippen LogP contribution in [0.4, 0.5) is 54.8 Å². The fourth-order valence-electron chi connectivity index (χ4n) is 16.3. The number of aliphatic hydroxyl groups excluding tert-OH is 3. The maximum Gasteiger partial charge on any atom is 0.188 e. The fourth-order valence-corrected chi connectivity index (χ4v) is 17.8. The van der Waals surface area contributed by atoms with Gasteiger partial charge in [0.25, 0.3) is 0 Å². The quantitative estimate of drug-likeness (QED) is 0.0239. The maximum atomic E-state index is 13.9. The number of aliphatic imine (C=N–C) groups is 4. The van der Waals surface area contributed by atoms with Crippen LogP contribution in [0.2, 0.25) is 20.1 Å². The topological polar surface area (TPSA) is 374 Å². The van der Waals surface area contributed by atoms with Gasteiger partial charge in [-0.1, -0.05) is 88.9 Å². The van der Waals surface area contributed by atoms with Crippen molar-refractivity contribution in [2.75, 3.05) is 41.0 Å². The minimum Gasteiger partial charge on any atom is -0.487 e. The van der Waals surface area contributed by atoms with Crippen LogP contribution in [0.15, 0.2) is 270 Å². The first kappa shape index (κ1) is 93.5. The molecule has 0 saturated heterocycles. The van der Waals surface area contributed by atoms with E-state index in [0.717, 1.165) is 118 Å². The van der Waals surface area contributed by atoms with Gasteiger partial charge in [-0.2, -0.15) is 0 Å². The highest BCUT2D eigenvalue weighted by Gasteiger charge is 2.41. The van der Waals surface area contributed by atoms with Crippen LogP contribution in [0.3, 0.4) is 0 Å². The summed E-state index contributed by atoms with van der Waals surface area (Å²) in [4.78, 5) is 65.7. The number of fused-ring (bicyclic) bond motifs is 6. The molecular formula is C102H87Cl4F2N19O11S. The molecule has 22 rings (SSSR count). The van der Waals surface area contributed by atoms with Crippen molar-refractivity contribution >= 4 is 171 Å². The van der Waals surface area contributed by atoms with Gasteiger partial charge in [-0.25, -0.2) is 68.6 Å². The van der Waals surface area contributed by atoms with Crippen molar-refractivity contribution in [3.8, 4) is 28.7 Å². The van der Waals surface area contributed by atoms with Crippen LogP contribution in [0.1, 0.15) is 71.1 Å². The van der Waals surface area contributed by atoms with E-state index in [1.807, 2.05) is 121 Å². The minimum atomic E-state index is -0.552. The minimum absolute atomic E-state index is 0.000657. The molecule has 11 heterocycles. The molecule has 0 unspecified atom stereocenters. The molecule has 6 aliphatic rings. The Labute approximate surface area is 818 Å². The van der Waals surface area contributed by atoms with E-state index in [0.29, 0.717) is 168 Å². The van der Waals surface area contributed by atoms with Gasteiger partial charge in [0, 0.05) is 112 Å². The smallest absolute Gasteiger partial charge is 0.188 e. The summed E-state index contributed by atoms with van der Waals surface area (Å²) in [5.74, 6) is 6.61. The molecular weight excluding hydrogens is 1880 g/mol. The van der Waals surface area contributed by atoms with Gasteiger partial charge < -0.3 is 74.5 Å². The van der Waals surface area contributed by atoms with Crippen molar-refractivity contribution < 1.29 is 62.0 Å². The fraction of sp³-hybridized carbons (Fsp3) is 0.225. The lowest BCUT2D eigenvalue weighted by Gasteiger charge is -2.13. The van der Waals surface area contributed by atoms with E-state index in [9.17, 15) is 24.1 Å². The molecule has 139 heavy (non-hydrogen) atoms. The number of para-hydroxylation sites is 1. The first-order chi connectivity index (χ1) is 67.8. The van der Waals surface area contributed by atoms with Gasteiger partial charge in [-0.05, 0) is 194 Å². The molecule has 0 bridgehead atoms. The van der Waals surface area contributed by atoms with Crippen LogP contribution in [-0.4, -0.2) is 162 Å². The first-order valence-corrected chi connectivity index (χ1v) is 47.0. The van der Waals surface area contributed by atoms with Crippen molar-refractivity contribution in [3.05, 3.63) is 320 Å². The predicted octanol–water partition coefficient (Wildman–Crippen LogP) is 20.6. The number of thiazole rings is 1. The summed E-state index contributed by atoms with van der Waals surface area (Å²) >= 11 is 27.3. The summed E-state index contributed by atoms with van der Waals surface area (Å²) in [7, 11) is 0. The Kier molecular flexibility index (Phi) is 29.2. The van der Waals surface area contributed by atoms with E-state index in [4.69, 9.17) is 84.3 Å². The van der Waals surface area contributed by atoms with Crippen LogP contribution in [0, 0.1) is 11.6 Å². The van der Waals surface area contributed by atoms with Crippen LogP contribution < -0.4 is 40.2 Å². The SMILES string of the molecule is C[C@@H](O)[C@H]1COC(Cc2ccc3ncnc(Nc4ccc(Oc5ccccc5F)c(Cl)c4)c3c2)=N1.Fc1cncc(COc2ccc(Nc3ncnc4ccc(CC5=NCCO5)cc34)cc2Cl)c1.O[C@H]1C[C@@H]2OC(Cc3ccc4ncnc(Nc5ccc(OCc6ccccn6)c(Cl)c5)c4c3)=N[C@@H]2C1.O[C@H]1C[C@@H]2OC(Cc3ccc4ncnc(Nc5ccc(OCc6nccs6)c(Cl)c5)c4c3)=N[C@@H]2C1. The third-order valence-electron chi connectivity index (χ3n) is 23.2. The second-order valence-electron chi connectivity index (χ2n) is 33.2. The molecule has 0 amide bonds. The predicted molar refractivity (Wildman–Crippen MR) is 532 cm³/mol. The maximum absolute atomic E-state index is 13.9. The van der Waals surface area contributed by atoms with Gasteiger partial charge in [0.15, 0.2) is 35.2 Å². The molecule has 2 fully saturated rings. The number of hydrogen-bond donors (Lipinski definition) is 7. The lowest BCUT2D eigenvalue weighted by Crippen LogP contribution is -2.21. The average Bonchev–Trinajstić information content (AvgIpc) is 1.31. The Morgan fingerprint density at radius 1 is 0.432 bits per heavy atom. The molecule has 704 valence electrons. The molecule has 7 N–H and O–H groups in total. The second kappa shape index (κ2) is 43.4. The molecule has 0 spiro atoms. The number of nitrogens with zero attached hydrogens (tertiary/aromatic N) is 15. The number of ether oxygens (including phenoxy) is 8. The number of benzene rings is 9. The zero-order valence-corrected chi connectivity index (χ0v) is 78.0. The molecule has 2 aliphatic carbocycles. The Balaban J connectivity index is 0.000000118. The lowest BCUT2D eigenvalue weighted by molar-refractivity contribution is 0.144. The van der Waals surface area contributed by atoms with Gasteiger partial charge in [-0.3, -0.25) is 15.0 Å². The summed E-state index contributed by atoms with van der Waals surface area (Å²) < 4.78 is 73.3. The number of hydrogen-bond acceptors (Lipinski definition) is 31. The number of anilines is 8. The molecule has 7 aromatic heterocycles. The highest BCUT2D eigenvalue weighted by atomic mass is 35.5. The molecule has 16 aromatic rings. The molecule has 2 saturated carbocycles. The Morgan fingerprint density at radius 2 is 0.892 bits per heavy atom. The summed E-state index contributed by atoms with van der Waals surface area (Å²) in [6, 6.07) is 58.6. The Bertz CT molecular complexity index is 7300. The third-order valence-corrected chi connectivity index (χ3v) is 25.1. The van der Waals surface area contributed by atoms with Gasteiger partial charge in [0.2, 0.25) is 0 Å². The first-order valence-electron chi connectivity index (χ1n) is 44.6. The molecule has 30 nitrogen and oxygen atoms in total. The van der Waals surface area contributed by atoms with Crippen molar-refractivity contribution in [2.45, 2.75) is 127 Å². The van der Waals surface area contributed by atoms with Gasteiger partial charge in [-0.15, -0.1) is 11.3 Å². The van der Waals surface area contributed by atoms with Crippen molar-refractivity contribution in [1.82, 2.24) is 54.8 Å². The summed E-state index contributed by atoms with van der Waals surface area (Å²) in [6.45, 7) is 4.30. The Hall–Kier alpha value is -14.6.